The van der Waals surface area contributed by atoms with E-state index in [9.17, 15) is 9.59 Å². The first-order valence-electron chi connectivity index (χ1n) is 10.6. The summed E-state index contributed by atoms with van der Waals surface area (Å²) in [6, 6.07) is 17.6. The summed E-state index contributed by atoms with van der Waals surface area (Å²) in [5, 5.41) is 3.17. The molecule has 1 aromatic heterocycles. The Bertz CT molecular complexity index is 995. The number of rotatable bonds is 7. The van der Waals surface area contributed by atoms with Gasteiger partial charge in [0.1, 0.15) is 5.82 Å². The quantitative estimate of drug-likeness (QED) is 0.633. The fourth-order valence-corrected chi connectivity index (χ4v) is 4.06. The Kier molecular flexibility index (Phi) is 5.84. The molecule has 3 aromatic rings. The number of fused-ring (bicyclic) bond motifs is 1. The third-order valence-corrected chi connectivity index (χ3v) is 5.51. The van der Waals surface area contributed by atoms with Crippen LogP contribution in [0.4, 0.5) is 0 Å². The van der Waals surface area contributed by atoms with Crippen molar-refractivity contribution in [3.8, 4) is 0 Å². The third kappa shape index (κ3) is 4.53. The fraction of sp³-hybridized carbons (Fsp3) is 0.375. The highest BCUT2D eigenvalue weighted by Gasteiger charge is 2.35. The maximum atomic E-state index is 13.1. The van der Waals surface area contributed by atoms with Gasteiger partial charge in [0.05, 0.1) is 23.0 Å². The van der Waals surface area contributed by atoms with Crippen molar-refractivity contribution in [3.05, 3.63) is 66.0 Å². The number of para-hydroxylation sites is 2. The topological polar surface area (TPSA) is 78.1 Å². The van der Waals surface area contributed by atoms with Gasteiger partial charge in [-0.2, -0.15) is 0 Å². The number of carbonyl (C=O) groups is 2. The van der Waals surface area contributed by atoms with Crippen LogP contribution in [0.1, 0.15) is 37.7 Å². The number of hydrogen-bond donors (Lipinski definition) is 2. The van der Waals surface area contributed by atoms with Crippen molar-refractivity contribution in [2.75, 3.05) is 13.1 Å². The number of nitrogens with zero attached hydrogens (tertiary/aromatic N) is 2. The van der Waals surface area contributed by atoms with Gasteiger partial charge < -0.3 is 15.2 Å². The molecular weight excluding hydrogens is 376 g/mol. The van der Waals surface area contributed by atoms with Crippen LogP contribution in [0.2, 0.25) is 0 Å². The van der Waals surface area contributed by atoms with Crippen molar-refractivity contribution in [1.29, 1.82) is 0 Å². The molecule has 1 saturated heterocycles. The highest BCUT2D eigenvalue weighted by atomic mass is 16.2. The van der Waals surface area contributed by atoms with Gasteiger partial charge in [-0.3, -0.25) is 9.59 Å². The molecule has 1 fully saturated rings. The van der Waals surface area contributed by atoms with Gasteiger partial charge in [0.25, 0.3) is 0 Å². The van der Waals surface area contributed by atoms with Gasteiger partial charge in [-0.1, -0.05) is 56.3 Å². The van der Waals surface area contributed by atoms with E-state index in [-0.39, 0.29) is 30.2 Å². The summed E-state index contributed by atoms with van der Waals surface area (Å²) in [6.07, 6.45) is 0.902. The zero-order valence-electron chi connectivity index (χ0n) is 17.5. The molecule has 4 rings (SSSR count). The number of imidazole rings is 1. The van der Waals surface area contributed by atoms with E-state index in [4.69, 9.17) is 4.98 Å². The molecule has 0 bridgehead atoms. The SMILES string of the molecule is CC(C)CN1C[C@@H](C(=O)N[C@H](Cc2ccccc2)c2nc3ccccc3[nH]2)CC1=O. The number of nitrogens with one attached hydrogen (secondary N) is 2. The highest BCUT2D eigenvalue weighted by Crippen LogP contribution is 2.23. The van der Waals surface area contributed by atoms with Gasteiger partial charge >= 0.3 is 0 Å². The van der Waals surface area contributed by atoms with Crippen molar-refractivity contribution in [1.82, 2.24) is 20.2 Å². The van der Waals surface area contributed by atoms with Crippen molar-refractivity contribution < 1.29 is 9.59 Å². The van der Waals surface area contributed by atoms with E-state index < -0.39 is 0 Å². The molecular formula is C24H28N4O2. The van der Waals surface area contributed by atoms with Crippen LogP contribution in [0, 0.1) is 11.8 Å². The number of H-pyrrole nitrogens is 1. The molecule has 0 unspecified atom stereocenters. The predicted molar refractivity (Wildman–Crippen MR) is 117 cm³/mol. The Morgan fingerprint density at radius 3 is 2.63 bits per heavy atom. The first-order valence-corrected chi connectivity index (χ1v) is 10.6. The smallest absolute Gasteiger partial charge is 0.226 e. The molecule has 1 aliphatic rings. The fourth-order valence-electron chi connectivity index (χ4n) is 4.06. The minimum Gasteiger partial charge on any atom is -0.346 e. The number of benzene rings is 2. The van der Waals surface area contributed by atoms with E-state index in [0.717, 1.165) is 22.4 Å². The Labute approximate surface area is 176 Å². The molecule has 2 aromatic carbocycles. The molecule has 2 heterocycles. The largest absolute Gasteiger partial charge is 0.346 e. The lowest BCUT2D eigenvalue weighted by molar-refractivity contribution is -0.129. The highest BCUT2D eigenvalue weighted by molar-refractivity contribution is 5.89. The second-order valence-corrected chi connectivity index (χ2v) is 8.48. The number of carbonyl (C=O) groups excluding carboxylic acids is 2. The van der Waals surface area contributed by atoms with Gasteiger partial charge in [0.15, 0.2) is 0 Å². The lowest BCUT2D eigenvalue weighted by Crippen LogP contribution is -2.37. The average molecular weight is 405 g/mol. The second-order valence-electron chi connectivity index (χ2n) is 8.48. The van der Waals surface area contributed by atoms with Gasteiger partial charge in [0, 0.05) is 19.5 Å². The number of amides is 2. The van der Waals surface area contributed by atoms with E-state index in [0.29, 0.717) is 25.4 Å². The zero-order chi connectivity index (χ0) is 21.1. The Morgan fingerprint density at radius 1 is 1.17 bits per heavy atom. The lowest BCUT2D eigenvalue weighted by Gasteiger charge is -2.21. The van der Waals surface area contributed by atoms with Crippen LogP contribution in [0.3, 0.4) is 0 Å². The molecule has 1 aliphatic heterocycles. The molecule has 2 N–H and O–H groups in total. The van der Waals surface area contributed by atoms with E-state index in [1.165, 1.54) is 0 Å². The third-order valence-electron chi connectivity index (χ3n) is 5.51. The number of aromatic nitrogens is 2. The zero-order valence-corrected chi connectivity index (χ0v) is 17.5. The summed E-state index contributed by atoms with van der Waals surface area (Å²) < 4.78 is 0. The Hall–Kier alpha value is -3.15. The lowest BCUT2D eigenvalue weighted by atomic mass is 10.0. The first kappa shape index (κ1) is 20.1. The molecule has 0 aliphatic carbocycles. The first-order chi connectivity index (χ1) is 14.5. The maximum Gasteiger partial charge on any atom is 0.226 e. The van der Waals surface area contributed by atoms with Gasteiger partial charge in [-0.15, -0.1) is 0 Å². The van der Waals surface area contributed by atoms with E-state index >= 15 is 0 Å². The van der Waals surface area contributed by atoms with Crippen molar-refractivity contribution in [2.24, 2.45) is 11.8 Å². The number of likely N-dealkylation sites (tertiary alicyclic amines) is 1. The van der Waals surface area contributed by atoms with Crippen molar-refractivity contribution in [3.63, 3.8) is 0 Å². The minimum absolute atomic E-state index is 0.0622. The standard InChI is InChI=1S/C24H28N4O2/c1-16(2)14-28-15-18(13-22(28)29)24(30)27-21(12-17-8-4-3-5-9-17)23-25-19-10-6-7-11-20(19)26-23/h3-11,16,18,21H,12-15H2,1-2H3,(H,25,26)(H,27,30)/t18-,21+/m0/s1. The summed E-state index contributed by atoms with van der Waals surface area (Å²) >= 11 is 0. The van der Waals surface area contributed by atoms with Crippen LogP contribution in [0.15, 0.2) is 54.6 Å². The summed E-state index contributed by atoms with van der Waals surface area (Å²) in [4.78, 5) is 35.3. The summed E-state index contributed by atoms with van der Waals surface area (Å²) in [5.74, 6) is 0.774. The van der Waals surface area contributed by atoms with Gasteiger partial charge in [-0.25, -0.2) is 4.98 Å². The molecule has 6 heteroatoms. The average Bonchev–Trinajstić information content (AvgIpc) is 3.31. The maximum absolute atomic E-state index is 13.1. The van der Waals surface area contributed by atoms with E-state index in [1.54, 1.807) is 0 Å². The molecule has 6 nitrogen and oxygen atoms in total. The van der Waals surface area contributed by atoms with Crippen molar-refractivity contribution >= 4 is 22.8 Å². The van der Waals surface area contributed by atoms with Crippen LogP contribution in [0.25, 0.3) is 11.0 Å². The van der Waals surface area contributed by atoms with Crippen LogP contribution >= 0.6 is 0 Å². The summed E-state index contributed by atoms with van der Waals surface area (Å²) in [6.45, 7) is 5.34. The summed E-state index contributed by atoms with van der Waals surface area (Å²) in [7, 11) is 0. The molecule has 0 saturated carbocycles. The minimum atomic E-state index is -0.320. The number of hydrogen-bond acceptors (Lipinski definition) is 3. The van der Waals surface area contributed by atoms with Crippen LogP contribution in [0.5, 0.6) is 0 Å². The van der Waals surface area contributed by atoms with Crippen LogP contribution < -0.4 is 5.32 Å². The molecule has 2 amide bonds. The molecule has 2 atom stereocenters. The Morgan fingerprint density at radius 2 is 1.90 bits per heavy atom. The molecule has 0 radical (unpaired) electrons. The van der Waals surface area contributed by atoms with Crippen molar-refractivity contribution in [2.45, 2.75) is 32.7 Å². The van der Waals surface area contributed by atoms with Gasteiger partial charge in [-0.05, 0) is 30.0 Å². The molecule has 0 spiro atoms. The normalized spacial score (nSPS) is 17.6. The predicted octanol–water partition coefficient (Wildman–Crippen LogP) is 3.47. The van der Waals surface area contributed by atoms with Crippen LogP contribution in [-0.4, -0.2) is 39.8 Å². The molecule has 30 heavy (non-hydrogen) atoms. The summed E-state index contributed by atoms with van der Waals surface area (Å²) in [5.41, 5.74) is 2.94. The molecule has 156 valence electrons. The van der Waals surface area contributed by atoms with Crippen LogP contribution in [-0.2, 0) is 16.0 Å². The van der Waals surface area contributed by atoms with Gasteiger partial charge in [0.2, 0.25) is 11.8 Å². The van der Waals surface area contributed by atoms with E-state index in [1.807, 2.05) is 59.5 Å². The second kappa shape index (κ2) is 8.69. The monoisotopic (exact) mass is 404 g/mol. The number of aromatic amines is 1. The Balaban J connectivity index is 1.54. The van der Waals surface area contributed by atoms with E-state index in [2.05, 4.69) is 24.1 Å².